The third-order valence-electron chi connectivity index (χ3n) is 5.06. The number of nitrogens with one attached hydrogen (secondary N) is 2. The van der Waals surface area contributed by atoms with Crippen LogP contribution in [-0.4, -0.2) is 80.8 Å². The first-order valence-electron chi connectivity index (χ1n) is 10.0. The molecule has 0 bridgehead atoms. The van der Waals surface area contributed by atoms with Crippen LogP contribution in [0.15, 0.2) is 35.3 Å². The summed E-state index contributed by atoms with van der Waals surface area (Å²) in [5, 5.41) is 6.92. The fourth-order valence-electron chi connectivity index (χ4n) is 3.65. The van der Waals surface area contributed by atoms with E-state index < -0.39 is 0 Å². The van der Waals surface area contributed by atoms with E-state index in [0.29, 0.717) is 6.04 Å². The Labute approximate surface area is 180 Å². The van der Waals surface area contributed by atoms with Gasteiger partial charge in [0.15, 0.2) is 5.96 Å². The van der Waals surface area contributed by atoms with Gasteiger partial charge in [-0.2, -0.15) is 0 Å². The van der Waals surface area contributed by atoms with Crippen molar-refractivity contribution in [3.8, 4) is 0 Å². The van der Waals surface area contributed by atoms with Gasteiger partial charge in [-0.05, 0) is 31.9 Å². The predicted octanol–water partition coefficient (Wildman–Crippen LogP) is 2.48. The summed E-state index contributed by atoms with van der Waals surface area (Å²) in [6.07, 6.45) is 2.25. The van der Waals surface area contributed by atoms with Gasteiger partial charge in [0.2, 0.25) is 0 Å². The van der Waals surface area contributed by atoms with Gasteiger partial charge >= 0.3 is 0 Å². The SMILES string of the molecule is CCNC(=NCCCNc1ccccc1)N1CCC(N2CCOCC2)C1.I. The Morgan fingerprint density at radius 2 is 1.96 bits per heavy atom. The van der Waals surface area contributed by atoms with E-state index in [9.17, 15) is 0 Å². The van der Waals surface area contributed by atoms with Gasteiger partial charge in [0, 0.05) is 57.5 Å². The van der Waals surface area contributed by atoms with Crippen molar-refractivity contribution in [1.29, 1.82) is 0 Å². The fourth-order valence-corrected chi connectivity index (χ4v) is 3.65. The van der Waals surface area contributed by atoms with Crippen molar-refractivity contribution in [1.82, 2.24) is 15.1 Å². The van der Waals surface area contributed by atoms with E-state index in [1.165, 1.54) is 12.1 Å². The van der Waals surface area contributed by atoms with Crippen LogP contribution in [0.25, 0.3) is 0 Å². The lowest BCUT2D eigenvalue weighted by Crippen LogP contribution is -2.46. The summed E-state index contributed by atoms with van der Waals surface area (Å²) in [7, 11) is 0. The average Bonchev–Trinajstić information content (AvgIpc) is 3.18. The summed E-state index contributed by atoms with van der Waals surface area (Å²) < 4.78 is 5.48. The van der Waals surface area contributed by atoms with E-state index in [2.05, 4.69) is 51.6 Å². The zero-order valence-corrected chi connectivity index (χ0v) is 18.7. The van der Waals surface area contributed by atoms with Gasteiger partial charge in [0.25, 0.3) is 0 Å². The number of halogens is 1. The Morgan fingerprint density at radius 3 is 2.70 bits per heavy atom. The lowest BCUT2D eigenvalue weighted by atomic mass is 10.2. The number of likely N-dealkylation sites (tertiary alicyclic amines) is 1. The molecule has 6 nitrogen and oxygen atoms in total. The van der Waals surface area contributed by atoms with Crippen molar-refractivity contribution in [2.24, 2.45) is 4.99 Å². The topological polar surface area (TPSA) is 52.1 Å². The van der Waals surface area contributed by atoms with Crippen LogP contribution < -0.4 is 10.6 Å². The first-order valence-corrected chi connectivity index (χ1v) is 10.0. The monoisotopic (exact) mass is 487 g/mol. The van der Waals surface area contributed by atoms with Crippen LogP contribution in [0, 0.1) is 0 Å². The zero-order valence-electron chi connectivity index (χ0n) is 16.4. The fraction of sp³-hybridized carbons (Fsp3) is 0.650. The van der Waals surface area contributed by atoms with Crippen molar-refractivity contribution >= 4 is 35.6 Å². The normalized spacial score (nSPS) is 21.0. The number of hydrogen-bond donors (Lipinski definition) is 2. The van der Waals surface area contributed by atoms with Crippen molar-refractivity contribution in [2.45, 2.75) is 25.8 Å². The van der Waals surface area contributed by atoms with Gasteiger partial charge in [-0.3, -0.25) is 9.89 Å². The molecule has 2 aliphatic heterocycles. The molecule has 3 rings (SSSR count). The first kappa shape index (κ1) is 22.2. The number of benzene rings is 1. The highest BCUT2D eigenvalue weighted by atomic mass is 127. The highest BCUT2D eigenvalue weighted by Gasteiger charge is 2.30. The number of morpholine rings is 1. The molecular weight excluding hydrogens is 453 g/mol. The summed E-state index contributed by atoms with van der Waals surface area (Å²) in [5.41, 5.74) is 1.18. The summed E-state index contributed by atoms with van der Waals surface area (Å²) in [6.45, 7) is 10.9. The molecule has 2 N–H and O–H groups in total. The maximum absolute atomic E-state index is 5.48. The van der Waals surface area contributed by atoms with Gasteiger partial charge in [-0.25, -0.2) is 0 Å². The van der Waals surface area contributed by atoms with Crippen LogP contribution in [0.3, 0.4) is 0 Å². The molecule has 0 saturated carbocycles. The minimum Gasteiger partial charge on any atom is -0.385 e. The van der Waals surface area contributed by atoms with E-state index in [4.69, 9.17) is 9.73 Å². The predicted molar refractivity (Wildman–Crippen MR) is 123 cm³/mol. The number of guanidine groups is 1. The Hall–Kier alpha value is -1.06. The molecule has 2 heterocycles. The van der Waals surface area contributed by atoms with Crippen molar-refractivity contribution in [3.05, 3.63) is 30.3 Å². The molecule has 2 fully saturated rings. The molecule has 7 heteroatoms. The van der Waals surface area contributed by atoms with Crippen LogP contribution in [0.2, 0.25) is 0 Å². The lowest BCUT2D eigenvalue weighted by molar-refractivity contribution is 0.0195. The number of anilines is 1. The Balaban J connectivity index is 0.00000261. The second kappa shape index (κ2) is 12.4. The molecule has 2 saturated heterocycles. The van der Waals surface area contributed by atoms with Crippen LogP contribution >= 0.6 is 24.0 Å². The third kappa shape index (κ3) is 7.12. The number of para-hydroxylation sites is 1. The number of rotatable bonds is 7. The Morgan fingerprint density at radius 1 is 1.19 bits per heavy atom. The molecule has 1 atom stereocenters. The maximum atomic E-state index is 5.48. The summed E-state index contributed by atoms with van der Waals surface area (Å²) in [4.78, 5) is 9.86. The van der Waals surface area contributed by atoms with E-state index in [-0.39, 0.29) is 24.0 Å². The van der Waals surface area contributed by atoms with Crippen molar-refractivity contribution < 1.29 is 4.74 Å². The van der Waals surface area contributed by atoms with Crippen LogP contribution in [0.5, 0.6) is 0 Å². The first-order chi connectivity index (χ1) is 12.9. The number of aliphatic imine (C=N–C) groups is 1. The van der Waals surface area contributed by atoms with Gasteiger partial charge in [-0.15, -0.1) is 24.0 Å². The standard InChI is InChI=1S/C20H33N5O.HI/c1-2-21-20(23-11-6-10-22-18-7-4-3-5-8-18)25-12-9-19(17-25)24-13-15-26-16-14-24;/h3-5,7-8,19,22H,2,6,9-17H2,1H3,(H,21,23);1H. The van der Waals surface area contributed by atoms with Crippen molar-refractivity contribution in [2.75, 3.05) is 64.3 Å². The number of hydrogen-bond acceptors (Lipinski definition) is 4. The van der Waals surface area contributed by atoms with E-state index in [1.54, 1.807) is 0 Å². The molecule has 0 spiro atoms. The number of nitrogens with zero attached hydrogens (tertiary/aromatic N) is 3. The van der Waals surface area contributed by atoms with Crippen LogP contribution in [0.4, 0.5) is 5.69 Å². The van der Waals surface area contributed by atoms with Gasteiger partial charge < -0.3 is 20.3 Å². The second-order valence-corrected chi connectivity index (χ2v) is 6.92. The molecule has 0 aliphatic carbocycles. The Bertz CT molecular complexity index is 551. The molecule has 152 valence electrons. The van der Waals surface area contributed by atoms with Gasteiger partial charge in [0.05, 0.1) is 13.2 Å². The highest BCUT2D eigenvalue weighted by Crippen LogP contribution is 2.17. The molecule has 0 radical (unpaired) electrons. The van der Waals surface area contributed by atoms with E-state index in [1.807, 2.05) is 6.07 Å². The van der Waals surface area contributed by atoms with E-state index in [0.717, 1.165) is 71.4 Å². The second-order valence-electron chi connectivity index (χ2n) is 6.92. The molecular formula is C20H34IN5O. The van der Waals surface area contributed by atoms with Crippen LogP contribution in [0.1, 0.15) is 19.8 Å². The number of ether oxygens (including phenoxy) is 1. The average molecular weight is 487 g/mol. The maximum Gasteiger partial charge on any atom is 0.193 e. The Kier molecular flexibility index (Phi) is 10.2. The highest BCUT2D eigenvalue weighted by molar-refractivity contribution is 14.0. The lowest BCUT2D eigenvalue weighted by Gasteiger charge is -2.32. The summed E-state index contributed by atoms with van der Waals surface area (Å²) in [5.74, 6) is 1.07. The zero-order chi connectivity index (χ0) is 18.0. The quantitative estimate of drug-likeness (QED) is 0.268. The largest absolute Gasteiger partial charge is 0.385 e. The molecule has 1 aromatic carbocycles. The molecule has 1 unspecified atom stereocenters. The third-order valence-corrected chi connectivity index (χ3v) is 5.06. The molecule has 2 aliphatic rings. The molecule has 1 aromatic rings. The van der Waals surface area contributed by atoms with Gasteiger partial charge in [-0.1, -0.05) is 18.2 Å². The van der Waals surface area contributed by atoms with Crippen LogP contribution in [-0.2, 0) is 4.74 Å². The molecule has 0 aromatic heterocycles. The molecule has 27 heavy (non-hydrogen) atoms. The minimum absolute atomic E-state index is 0. The van der Waals surface area contributed by atoms with Crippen molar-refractivity contribution in [3.63, 3.8) is 0 Å². The van der Waals surface area contributed by atoms with E-state index >= 15 is 0 Å². The van der Waals surface area contributed by atoms with Gasteiger partial charge in [0.1, 0.15) is 0 Å². The summed E-state index contributed by atoms with van der Waals surface area (Å²) in [6, 6.07) is 11.0. The summed E-state index contributed by atoms with van der Waals surface area (Å²) >= 11 is 0. The smallest absolute Gasteiger partial charge is 0.193 e. The minimum atomic E-state index is 0. The molecule has 0 amide bonds.